The van der Waals surface area contributed by atoms with Crippen molar-refractivity contribution in [2.24, 2.45) is 5.10 Å². The van der Waals surface area contributed by atoms with Crippen LogP contribution in [0.15, 0.2) is 71.8 Å². The van der Waals surface area contributed by atoms with Gasteiger partial charge in [-0.3, -0.25) is 9.59 Å². The second-order valence-corrected chi connectivity index (χ2v) is 10.7. The first-order valence-corrected chi connectivity index (χ1v) is 13.9. The van der Waals surface area contributed by atoms with E-state index in [1.54, 1.807) is 18.2 Å². The zero-order valence-electron chi connectivity index (χ0n) is 20.7. The number of hydrogen-bond donors (Lipinski definition) is 1. The van der Waals surface area contributed by atoms with E-state index < -0.39 is 0 Å². The number of methoxy groups -OCH3 is 1. The molecule has 1 amide bonds. The summed E-state index contributed by atoms with van der Waals surface area (Å²) in [6.45, 7) is 3.60. The Labute approximate surface area is 244 Å². The minimum absolute atomic E-state index is 0.225. The Hall–Kier alpha value is -3.02. The molecule has 11 heteroatoms. The Kier molecular flexibility index (Phi) is 9.01. The minimum Gasteiger partial charge on any atom is -0.493 e. The molecule has 0 aliphatic carbocycles. The number of hydrogen-bond acceptors (Lipinski definition) is 6. The van der Waals surface area contributed by atoms with Gasteiger partial charge in [-0.05, 0) is 74.7 Å². The first-order valence-electron chi connectivity index (χ1n) is 11.5. The third kappa shape index (κ3) is 6.00. The predicted octanol–water partition coefficient (Wildman–Crippen LogP) is 6.46. The molecule has 196 valence electrons. The number of fused-ring (bicyclic) bond motifs is 1. The van der Waals surface area contributed by atoms with Crippen LogP contribution < -0.4 is 20.3 Å². The molecule has 0 fully saturated rings. The van der Waals surface area contributed by atoms with Gasteiger partial charge in [0.25, 0.3) is 11.5 Å². The third-order valence-electron chi connectivity index (χ3n) is 5.65. The van der Waals surface area contributed by atoms with E-state index in [0.29, 0.717) is 49.2 Å². The molecule has 4 aromatic rings. The van der Waals surface area contributed by atoms with E-state index in [-0.39, 0.29) is 18.1 Å². The molecule has 0 spiro atoms. The van der Waals surface area contributed by atoms with Crippen molar-refractivity contribution in [3.05, 3.63) is 89.3 Å². The predicted molar refractivity (Wildman–Crippen MR) is 160 cm³/mol. The van der Waals surface area contributed by atoms with Gasteiger partial charge in [-0.1, -0.05) is 41.1 Å². The molecule has 1 aromatic heterocycles. The zero-order valence-corrected chi connectivity index (χ0v) is 25.5. The fraction of sp³-hybridized carbons (Fsp3) is 0.185. The van der Waals surface area contributed by atoms with Crippen molar-refractivity contribution in [1.82, 2.24) is 9.66 Å². The number of nitrogens with zero attached hydrogens (tertiary/aromatic N) is 3. The monoisotopic (exact) mass is 704 g/mol. The van der Waals surface area contributed by atoms with Crippen molar-refractivity contribution in [2.45, 2.75) is 20.3 Å². The lowest BCUT2D eigenvalue weighted by atomic mass is 10.2. The van der Waals surface area contributed by atoms with Gasteiger partial charge in [-0.2, -0.15) is 9.78 Å². The van der Waals surface area contributed by atoms with Crippen LogP contribution in [0, 0.1) is 6.92 Å². The van der Waals surface area contributed by atoms with E-state index in [2.05, 4.69) is 63.2 Å². The van der Waals surface area contributed by atoms with Crippen LogP contribution in [0.5, 0.6) is 11.5 Å². The molecular weight excluding hydrogens is 684 g/mol. The molecule has 0 bridgehead atoms. The van der Waals surface area contributed by atoms with E-state index >= 15 is 0 Å². The lowest BCUT2D eigenvalue weighted by Gasteiger charge is -2.15. The molecule has 1 heterocycles. The highest BCUT2D eigenvalue weighted by Gasteiger charge is 2.18. The smallest absolute Gasteiger partial charge is 0.282 e. The molecule has 8 nitrogen and oxygen atoms in total. The van der Waals surface area contributed by atoms with Crippen molar-refractivity contribution < 1.29 is 14.3 Å². The number of nitrogens with one attached hydrogen (secondary N) is 1. The largest absolute Gasteiger partial charge is 0.493 e. The van der Waals surface area contributed by atoms with Crippen LogP contribution in [0.3, 0.4) is 0 Å². The maximum Gasteiger partial charge on any atom is 0.282 e. The Morgan fingerprint density at radius 2 is 1.89 bits per heavy atom. The lowest BCUT2D eigenvalue weighted by molar-refractivity contribution is -0.118. The lowest BCUT2D eigenvalue weighted by Crippen LogP contribution is -2.22. The number of aromatic nitrogens is 2. The number of rotatable bonds is 8. The van der Waals surface area contributed by atoms with Crippen LogP contribution >= 0.6 is 47.8 Å². The van der Waals surface area contributed by atoms with Gasteiger partial charge in [-0.25, -0.2) is 4.98 Å². The van der Waals surface area contributed by atoms with Crippen molar-refractivity contribution in [2.75, 3.05) is 19.0 Å². The van der Waals surface area contributed by atoms with Crippen LogP contribution in [0.1, 0.15) is 23.9 Å². The highest BCUT2D eigenvalue weighted by atomic mass is 79.9. The van der Waals surface area contributed by atoms with E-state index in [4.69, 9.17) is 9.47 Å². The SMILES string of the molecule is CCc1nc2ccc(Br)cc2c(=O)n1N=Cc1cc(OC)c(OCC(=O)Nc2ccccc2C)c(Br)c1Br. The summed E-state index contributed by atoms with van der Waals surface area (Å²) in [4.78, 5) is 30.3. The molecule has 38 heavy (non-hydrogen) atoms. The summed E-state index contributed by atoms with van der Waals surface area (Å²) in [5.74, 6) is 0.953. The molecule has 0 aliphatic heterocycles. The van der Waals surface area contributed by atoms with Gasteiger partial charge in [0.05, 0.1) is 28.7 Å². The summed E-state index contributed by atoms with van der Waals surface area (Å²) in [6.07, 6.45) is 2.06. The quantitative estimate of drug-likeness (QED) is 0.212. The van der Waals surface area contributed by atoms with Crippen molar-refractivity contribution in [1.29, 1.82) is 0 Å². The molecule has 0 radical (unpaired) electrons. The van der Waals surface area contributed by atoms with Gasteiger partial charge in [0, 0.05) is 26.6 Å². The Morgan fingerprint density at radius 1 is 1.13 bits per heavy atom. The second kappa shape index (κ2) is 12.2. The number of ether oxygens (including phenoxy) is 2. The Balaban J connectivity index is 1.62. The highest BCUT2D eigenvalue weighted by molar-refractivity contribution is 9.13. The fourth-order valence-corrected chi connectivity index (χ4v) is 4.98. The molecule has 4 rings (SSSR count). The summed E-state index contributed by atoms with van der Waals surface area (Å²) in [6, 6.07) is 14.6. The summed E-state index contributed by atoms with van der Waals surface area (Å²) in [5, 5.41) is 7.75. The summed E-state index contributed by atoms with van der Waals surface area (Å²) < 4.78 is 14.6. The molecule has 0 aliphatic rings. The van der Waals surface area contributed by atoms with Gasteiger partial charge in [0.1, 0.15) is 5.82 Å². The number of amides is 1. The molecule has 3 aromatic carbocycles. The van der Waals surface area contributed by atoms with Crippen molar-refractivity contribution in [3.8, 4) is 11.5 Å². The average Bonchev–Trinajstić information content (AvgIpc) is 2.91. The number of para-hydroxylation sites is 1. The number of carbonyl (C=O) groups excluding carboxylic acids is 1. The second-order valence-electron chi connectivity index (χ2n) is 8.18. The molecule has 0 saturated heterocycles. The van der Waals surface area contributed by atoms with Gasteiger partial charge in [-0.15, -0.1) is 0 Å². The average molecular weight is 707 g/mol. The summed E-state index contributed by atoms with van der Waals surface area (Å²) in [5.41, 5.74) is 2.63. The van der Waals surface area contributed by atoms with Gasteiger partial charge < -0.3 is 14.8 Å². The molecule has 0 unspecified atom stereocenters. The zero-order chi connectivity index (χ0) is 27.4. The first-order chi connectivity index (χ1) is 18.2. The summed E-state index contributed by atoms with van der Waals surface area (Å²) >= 11 is 10.5. The van der Waals surface area contributed by atoms with Crippen LogP contribution in [-0.4, -0.2) is 35.5 Å². The maximum atomic E-state index is 13.2. The van der Waals surface area contributed by atoms with Crippen molar-refractivity contribution >= 4 is 76.5 Å². The normalized spacial score (nSPS) is 11.2. The maximum absolute atomic E-state index is 13.2. The highest BCUT2D eigenvalue weighted by Crippen LogP contribution is 2.42. The van der Waals surface area contributed by atoms with E-state index in [0.717, 1.165) is 15.7 Å². The number of anilines is 1. The van der Waals surface area contributed by atoms with Gasteiger partial charge in [0.2, 0.25) is 0 Å². The van der Waals surface area contributed by atoms with Crippen LogP contribution in [0.25, 0.3) is 10.9 Å². The third-order valence-corrected chi connectivity index (χ3v) is 8.28. The topological polar surface area (TPSA) is 94.8 Å². The molecule has 0 atom stereocenters. The van der Waals surface area contributed by atoms with Crippen LogP contribution in [0.2, 0.25) is 0 Å². The summed E-state index contributed by atoms with van der Waals surface area (Å²) in [7, 11) is 1.50. The number of halogens is 3. The minimum atomic E-state index is -0.308. The molecule has 0 saturated carbocycles. The standard InChI is InChI=1S/C27H23Br3N4O4/c1-4-22-32-20-10-9-17(28)12-18(20)27(36)34(22)31-13-16-11-21(37-3)26(25(30)24(16)29)38-14-23(35)33-19-8-6-5-7-15(19)2/h5-13H,4,14H2,1-3H3,(H,33,35). The van der Waals surface area contributed by atoms with Crippen LogP contribution in [0.4, 0.5) is 5.69 Å². The first kappa shape index (κ1) is 28.0. The van der Waals surface area contributed by atoms with E-state index in [1.807, 2.05) is 44.2 Å². The molecular formula is C27H23Br3N4O4. The molecule has 1 N–H and O–H groups in total. The van der Waals surface area contributed by atoms with Crippen molar-refractivity contribution in [3.63, 3.8) is 0 Å². The Morgan fingerprint density at radius 3 is 2.61 bits per heavy atom. The van der Waals surface area contributed by atoms with Gasteiger partial charge in [0.15, 0.2) is 18.1 Å². The number of carbonyl (C=O) groups is 1. The number of aryl methyl sites for hydroxylation is 2. The van der Waals surface area contributed by atoms with E-state index in [1.165, 1.54) is 18.0 Å². The van der Waals surface area contributed by atoms with Gasteiger partial charge >= 0.3 is 0 Å². The number of benzene rings is 3. The fourth-order valence-electron chi connectivity index (χ4n) is 3.68. The Bertz CT molecular complexity index is 1620. The van der Waals surface area contributed by atoms with Crippen LogP contribution in [-0.2, 0) is 11.2 Å². The van der Waals surface area contributed by atoms with E-state index in [9.17, 15) is 9.59 Å².